The van der Waals surface area contributed by atoms with E-state index in [1.807, 2.05) is 19.2 Å². The van der Waals surface area contributed by atoms with Crippen LogP contribution in [0, 0.1) is 5.92 Å². The lowest BCUT2D eigenvalue weighted by Crippen LogP contribution is -2.47. The van der Waals surface area contributed by atoms with Crippen molar-refractivity contribution in [3.8, 4) is 0 Å². The van der Waals surface area contributed by atoms with Crippen LogP contribution in [0.4, 0.5) is 0 Å². The summed E-state index contributed by atoms with van der Waals surface area (Å²) in [7, 11) is 1.81. The molecule has 2 aliphatic carbocycles. The highest BCUT2D eigenvalue weighted by Gasteiger charge is 2.44. The molecule has 0 bridgehead atoms. The van der Waals surface area contributed by atoms with E-state index in [1.54, 1.807) is 0 Å². The van der Waals surface area contributed by atoms with Crippen molar-refractivity contribution in [1.29, 1.82) is 0 Å². The molecule has 4 rings (SSSR count). The minimum atomic E-state index is 0. The summed E-state index contributed by atoms with van der Waals surface area (Å²) in [6.45, 7) is 2.50. The van der Waals surface area contributed by atoms with Gasteiger partial charge in [-0.2, -0.15) is 0 Å². The summed E-state index contributed by atoms with van der Waals surface area (Å²) >= 11 is 6.18. The number of benzene rings is 1. The molecule has 1 aromatic carbocycles. The van der Waals surface area contributed by atoms with E-state index in [9.17, 15) is 4.79 Å². The molecule has 0 spiro atoms. The van der Waals surface area contributed by atoms with E-state index in [1.165, 1.54) is 31.2 Å². The van der Waals surface area contributed by atoms with Crippen LogP contribution in [0.5, 0.6) is 0 Å². The summed E-state index contributed by atoms with van der Waals surface area (Å²) in [5, 5.41) is 7.83. The van der Waals surface area contributed by atoms with E-state index in [0.717, 1.165) is 49.9 Å². The van der Waals surface area contributed by atoms with E-state index >= 15 is 0 Å². The van der Waals surface area contributed by atoms with Crippen molar-refractivity contribution in [2.75, 3.05) is 26.7 Å². The standard InChI is InChI=1S/C22H31ClN4O.HI/c1-24-21(25-15-22(10-11-22)17-7-4-8-18(23)13-17)26-19-9-12-27(14-19)20(28)16-5-2-3-6-16;/h4,7-8,13,16,19H,2-3,5-6,9-12,14-15H2,1H3,(H2,24,25,26);1H. The largest absolute Gasteiger partial charge is 0.356 e. The molecule has 160 valence electrons. The Balaban J connectivity index is 0.00000240. The number of likely N-dealkylation sites (tertiary alicyclic amines) is 1. The molecule has 29 heavy (non-hydrogen) atoms. The quantitative estimate of drug-likeness (QED) is 0.344. The molecular weight excluding hydrogens is 499 g/mol. The molecule has 7 heteroatoms. The average molecular weight is 531 g/mol. The minimum absolute atomic E-state index is 0. The molecule has 1 aromatic rings. The number of nitrogens with one attached hydrogen (secondary N) is 2. The van der Waals surface area contributed by atoms with Crippen LogP contribution in [-0.2, 0) is 10.2 Å². The van der Waals surface area contributed by atoms with Gasteiger partial charge in [0.15, 0.2) is 5.96 Å². The lowest BCUT2D eigenvalue weighted by molar-refractivity contribution is -0.134. The van der Waals surface area contributed by atoms with Gasteiger partial charge in [-0.15, -0.1) is 24.0 Å². The number of aliphatic imine (C=N–C) groups is 1. The number of halogens is 2. The maximum atomic E-state index is 12.6. The molecule has 1 unspecified atom stereocenters. The van der Waals surface area contributed by atoms with Gasteiger partial charge in [0.1, 0.15) is 0 Å². The zero-order valence-corrected chi connectivity index (χ0v) is 20.2. The number of carbonyl (C=O) groups is 1. The molecule has 3 aliphatic rings. The Labute approximate surface area is 196 Å². The summed E-state index contributed by atoms with van der Waals surface area (Å²) in [6.07, 6.45) is 7.88. The molecule has 1 saturated heterocycles. The zero-order valence-electron chi connectivity index (χ0n) is 17.1. The van der Waals surface area contributed by atoms with Gasteiger partial charge in [0.2, 0.25) is 5.91 Å². The van der Waals surface area contributed by atoms with Crippen LogP contribution in [0.2, 0.25) is 5.02 Å². The highest BCUT2D eigenvalue weighted by atomic mass is 127. The molecule has 0 radical (unpaired) electrons. The Kier molecular flexibility index (Phi) is 7.70. The lowest BCUT2D eigenvalue weighted by Gasteiger charge is -2.23. The van der Waals surface area contributed by atoms with Crippen molar-refractivity contribution in [2.45, 2.75) is 56.4 Å². The number of hydrogen-bond donors (Lipinski definition) is 2. The van der Waals surface area contributed by atoms with Crippen LogP contribution in [-0.4, -0.2) is 49.5 Å². The third kappa shape index (κ3) is 5.37. The fraction of sp³-hybridized carbons (Fsp3) is 0.636. The van der Waals surface area contributed by atoms with Crippen molar-refractivity contribution in [1.82, 2.24) is 15.5 Å². The van der Waals surface area contributed by atoms with Crippen LogP contribution in [0.15, 0.2) is 29.3 Å². The van der Waals surface area contributed by atoms with Crippen molar-refractivity contribution < 1.29 is 4.79 Å². The van der Waals surface area contributed by atoms with Crippen molar-refractivity contribution in [2.24, 2.45) is 10.9 Å². The van der Waals surface area contributed by atoms with Crippen LogP contribution in [0.3, 0.4) is 0 Å². The normalized spacial score (nSPS) is 23.6. The van der Waals surface area contributed by atoms with Gasteiger partial charge in [-0.3, -0.25) is 9.79 Å². The summed E-state index contributed by atoms with van der Waals surface area (Å²) in [4.78, 5) is 19.1. The molecule has 0 aromatic heterocycles. The van der Waals surface area contributed by atoms with Crippen LogP contribution in [0.25, 0.3) is 0 Å². The summed E-state index contributed by atoms with van der Waals surface area (Å²) in [6, 6.07) is 8.47. The highest BCUT2D eigenvalue weighted by Crippen LogP contribution is 2.48. The van der Waals surface area contributed by atoms with Gasteiger partial charge in [-0.05, 0) is 49.8 Å². The third-order valence-electron chi connectivity index (χ3n) is 6.65. The first-order valence-electron chi connectivity index (χ1n) is 10.6. The fourth-order valence-electron chi connectivity index (χ4n) is 4.69. The van der Waals surface area contributed by atoms with Crippen LogP contribution in [0.1, 0.15) is 50.5 Å². The Morgan fingerprint density at radius 1 is 1.28 bits per heavy atom. The highest BCUT2D eigenvalue weighted by molar-refractivity contribution is 14.0. The molecule has 3 fully saturated rings. The maximum Gasteiger partial charge on any atom is 0.225 e. The molecule has 1 aliphatic heterocycles. The van der Waals surface area contributed by atoms with E-state index in [-0.39, 0.29) is 41.4 Å². The molecule has 1 atom stereocenters. The third-order valence-corrected chi connectivity index (χ3v) is 6.89. The number of amides is 1. The predicted molar refractivity (Wildman–Crippen MR) is 129 cm³/mol. The van der Waals surface area contributed by atoms with Crippen LogP contribution < -0.4 is 10.6 Å². The average Bonchev–Trinajstić information content (AvgIpc) is 3.09. The Morgan fingerprint density at radius 2 is 2.03 bits per heavy atom. The van der Waals surface area contributed by atoms with E-state index in [4.69, 9.17) is 11.6 Å². The van der Waals surface area contributed by atoms with Gasteiger partial charge < -0.3 is 15.5 Å². The second kappa shape index (κ2) is 9.86. The van der Waals surface area contributed by atoms with E-state index < -0.39 is 0 Å². The Morgan fingerprint density at radius 3 is 2.69 bits per heavy atom. The molecule has 2 saturated carbocycles. The first kappa shape index (κ1) is 22.7. The van der Waals surface area contributed by atoms with Gasteiger partial charge in [-0.25, -0.2) is 0 Å². The van der Waals surface area contributed by atoms with Crippen LogP contribution >= 0.6 is 35.6 Å². The second-order valence-corrected chi connectivity index (χ2v) is 9.05. The number of nitrogens with zero attached hydrogens (tertiary/aromatic N) is 2. The minimum Gasteiger partial charge on any atom is -0.356 e. The molecule has 1 heterocycles. The first-order valence-corrected chi connectivity index (χ1v) is 11.0. The van der Waals surface area contributed by atoms with Gasteiger partial charge in [0, 0.05) is 49.1 Å². The van der Waals surface area contributed by atoms with Crippen molar-refractivity contribution >= 4 is 47.4 Å². The Hall–Kier alpha value is -1.02. The van der Waals surface area contributed by atoms with E-state index in [0.29, 0.717) is 5.91 Å². The molecule has 2 N–H and O–H groups in total. The van der Waals surface area contributed by atoms with Crippen molar-refractivity contribution in [3.63, 3.8) is 0 Å². The molecule has 5 nitrogen and oxygen atoms in total. The van der Waals surface area contributed by atoms with Gasteiger partial charge in [-0.1, -0.05) is 36.6 Å². The maximum absolute atomic E-state index is 12.6. The predicted octanol–water partition coefficient (Wildman–Crippen LogP) is 3.95. The number of guanidine groups is 1. The van der Waals surface area contributed by atoms with Gasteiger partial charge in [0.25, 0.3) is 0 Å². The van der Waals surface area contributed by atoms with Gasteiger partial charge >= 0.3 is 0 Å². The number of hydrogen-bond acceptors (Lipinski definition) is 2. The topological polar surface area (TPSA) is 56.7 Å². The summed E-state index contributed by atoms with van der Waals surface area (Å²) in [5.41, 5.74) is 1.47. The number of rotatable bonds is 5. The van der Waals surface area contributed by atoms with Gasteiger partial charge in [0.05, 0.1) is 0 Å². The first-order chi connectivity index (χ1) is 13.6. The Bertz CT molecular complexity index is 746. The monoisotopic (exact) mass is 530 g/mol. The second-order valence-electron chi connectivity index (χ2n) is 8.61. The smallest absolute Gasteiger partial charge is 0.225 e. The number of carbonyl (C=O) groups excluding carboxylic acids is 1. The van der Waals surface area contributed by atoms with E-state index in [2.05, 4.69) is 32.7 Å². The molecule has 1 amide bonds. The van der Waals surface area contributed by atoms with Crippen molar-refractivity contribution in [3.05, 3.63) is 34.9 Å². The molecular formula is C22H32ClIN4O. The zero-order chi connectivity index (χ0) is 19.6. The fourth-order valence-corrected chi connectivity index (χ4v) is 4.88. The summed E-state index contributed by atoms with van der Waals surface area (Å²) in [5.74, 6) is 1.46. The summed E-state index contributed by atoms with van der Waals surface area (Å²) < 4.78 is 0. The SMILES string of the molecule is CN=C(NCC1(c2cccc(Cl)c2)CC1)NC1CCN(C(=O)C2CCCC2)C1.I. The lowest BCUT2D eigenvalue weighted by atomic mass is 9.96.